The van der Waals surface area contributed by atoms with E-state index in [9.17, 15) is 0 Å². The Labute approximate surface area is 138 Å². The molecular formula is C18H29BrN2. The minimum Gasteiger partial charge on any atom is -0.310 e. The van der Waals surface area contributed by atoms with E-state index in [1.807, 2.05) is 0 Å². The summed E-state index contributed by atoms with van der Waals surface area (Å²) in [5.74, 6) is 0.752. The average molecular weight is 353 g/mol. The van der Waals surface area contributed by atoms with Crippen LogP contribution in [0.5, 0.6) is 0 Å². The highest BCUT2D eigenvalue weighted by Gasteiger charge is 2.20. The van der Waals surface area contributed by atoms with Crippen LogP contribution < -0.4 is 5.32 Å². The van der Waals surface area contributed by atoms with Crippen LogP contribution >= 0.6 is 15.9 Å². The number of rotatable bonds is 8. The number of hydrogen-bond acceptors (Lipinski definition) is 2. The number of halogens is 1. The minimum atomic E-state index is 0.619. The van der Waals surface area contributed by atoms with Crippen LogP contribution in [0.4, 0.5) is 0 Å². The maximum absolute atomic E-state index is 3.74. The highest BCUT2D eigenvalue weighted by atomic mass is 79.9. The molecule has 1 atom stereocenters. The third kappa shape index (κ3) is 5.72. The Morgan fingerprint density at radius 2 is 2.00 bits per heavy atom. The number of nitrogens with zero attached hydrogens (tertiary/aromatic N) is 1. The van der Waals surface area contributed by atoms with Gasteiger partial charge in [-0.25, -0.2) is 0 Å². The first-order chi connectivity index (χ1) is 9.95. The molecule has 1 fully saturated rings. The van der Waals surface area contributed by atoms with E-state index in [1.165, 1.54) is 34.9 Å². The van der Waals surface area contributed by atoms with E-state index in [4.69, 9.17) is 0 Å². The molecule has 1 N–H and O–H groups in total. The van der Waals surface area contributed by atoms with Crippen molar-refractivity contribution in [2.24, 2.45) is 5.92 Å². The summed E-state index contributed by atoms with van der Waals surface area (Å²) in [7, 11) is 2.22. The molecule has 2 rings (SSSR count). The molecule has 0 bridgehead atoms. The van der Waals surface area contributed by atoms with Crippen LogP contribution in [0.15, 0.2) is 22.7 Å². The fourth-order valence-corrected chi connectivity index (χ4v) is 3.22. The van der Waals surface area contributed by atoms with Crippen molar-refractivity contribution in [1.29, 1.82) is 0 Å². The maximum atomic E-state index is 3.74. The number of benzene rings is 1. The van der Waals surface area contributed by atoms with E-state index in [2.05, 4.69) is 72.2 Å². The topological polar surface area (TPSA) is 15.3 Å². The van der Waals surface area contributed by atoms with Gasteiger partial charge in [0.25, 0.3) is 0 Å². The zero-order valence-electron chi connectivity index (χ0n) is 13.8. The first kappa shape index (κ1) is 17.0. The van der Waals surface area contributed by atoms with Gasteiger partial charge in [0.2, 0.25) is 0 Å². The van der Waals surface area contributed by atoms with Crippen LogP contribution in [0.2, 0.25) is 0 Å². The van der Waals surface area contributed by atoms with Crippen LogP contribution in [-0.2, 0) is 13.1 Å². The van der Waals surface area contributed by atoms with E-state index in [1.54, 1.807) is 0 Å². The summed E-state index contributed by atoms with van der Waals surface area (Å²) >= 11 is 3.74. The Morgan fingerprint density at radius 3 is 2.57 bits per heavy atom. The zero-order valence-corrected chi connectivity index (χ0v) is 15.4. The second-order valence-corrected chi connectivity index (χ2v) is 7.83. The Balaban J connectivity index is 1.89. The van der Waals surface area contributed by atoms with Crippen molar-refractivity contribution in [3.63, 3.8) is 0 Å². The van der Waals surface area contributed by atoms with Gasteiger partial charge < -0.3 is 5.32 Å². The third-order valence-electron chi connectivity index (χ3n) is 4.27. The average Bonchev–Trinajstić information content (AvgIpc) is 3.22. The summed E-state index contributed by atoms with van der Waals surface area (Å²) < 4.78 is 1.24. The van der Waals surface area contributed by atoms with E-state index < -0.39 is 0 Å². The zero-order chi connectivity index (χ0) is 15.4. The van der Waals surface area contributed by atoms with Gasteiger partial charge in [-0.05, 0) is 56.3 Å². The van der Waals surface area contributed by atoms with E-state index in [0.717, 1.165) is 25.0 Å². The summed E-state index contributed by atoms with van der Waals surface area (Å²) in [6.45, 7) is 8.90. The van der Waals surface area contributed by atoms with Crippen LogP contribution in [0.3, 0.4) is 0 Å². The van der Waals surface area contributed by atoms with E-state index >= 15 is 0 Å². The smallest absolute Gasteiger partial charge is 0.0244 e. The quantitative estimate of drug-likeness (QED) is 0.737. The maximum Gasteiger partial charge on any atom is 0.0244 e. The summed E-state index contributed by atoms with van der Waals surface area (Å²) in [6, 6.07) is 8.19. The molecule has 0 aromatic heterocycles. The Bertz CT molecular complexity index is 455. The predicted octanol–water partition coefficient (Wildman–Crippen LogP) is 4.57. The van der Waals surface area contributed by atoms with Crippen LogP contribution in [-0.4, -0.2) is 24.0 Å². The molecule has 0 heterocycles. The third-order valence-corrected chi connectivity index (χ3v) is 5.01. The minimum absolute atomic E-state index is 0.619. The Hall–Kier alpha value is -0.380. The molecule has 2 nitrogen and oxygen atoms in total. The molecule has 1 aliphatic carbocycles. The van der Waals surface area contributed by atoms with E-state index in [-0.39, 0.29) is 0 Å². The summed E-state index contributed by atoms with van der Waals surface area (Å²) in [5, 5.41) is 3.57. The molecule has 21 heavy (non-hydrogen) atoms. The van der Waals surface area contributed by atoms with Gasteiger partial charge in [0, 0.05) is 29.6 Å². The molecule has 1 unspecified atom stereocenters. The summed E-state index contributed by atoms with van der Waals surface area (Å²) in [5.41, 5.74) is 2.75. The van der Waals surface area contributed by atoms with Gasteiger partial charge in [0.15, 0.2) is 0 Å². The van der Waals surface area contributed by atoms with Gasteiger partial charge in [-0.15, -0.1) is 0 Å². The lowest BCUT2D eigenvalue weighted by Crippen LogP contribution is -2.29. The molecule has 0 radical (unpaired) electrons. The molecule has 1 aromatic rings. The van der Waals surface area contributed by atoms with Crippen molar-refractivity contribution in [2.45, 2.75) is 65.2 Å². The van der Waals surface area contributed by atoms with Crippen molar-refractivity contribution in [3.8, 4) is 0 Å². The van der Waals surface area contributed by atoms with Crippen molar-refractivity contribution < 1.29 is 0 Å². The van der Waals surface area contributed by atoms with E-state index in [0.29, 0.717) is 6.04 Å². The lowest BCUT2D eigenvalue weighted by molar-refractivity contribution is 0.220. The molecule has 3 heteroatoms. The number of hydrogen-bond donors (Lipinski definition) is 1. The van der Waals surface area contributed by atoms with Gasteiger partial charge in [0.1, 0.15) is 0 Å². The molecule has 0 spiro atoms. The van der Waals surface area contributed by atoms with Gasteiger partial charge in [-0.1, -0.05) is 41.9 Å². The first-order valence-electron chi connectivity index (χ1n) is 8.16. The van der Waals surface area contributed by atoms with Gasteiger partial charge in [0.05, 0.1) is 0 Å². The lowest BCUT2D eigenvalue weighted by atomic mass is 10.0. The second-order valence-electron chi connectivity index (χ2n) is 6.97. The van der Waals surface area contributed by atoms with Gasteiger partial charge in [-0.3, -0.25) is 4.90 Å². The summed E-state index contributed by atoms with van der Waals surface area (Å²) in [4.78, 5) is 2.45. The molecule has 1 saturated carbocycles. The largest absolute Gasteiger partial charge is 0.310 e. The highest BCUT2D eigenvalue weighted by Crippen LogP contribution is 2.23. The SMILES string of the molecule is CC(C)CC(C)N(C)Cc1ccc(CNC2CC2)cc1Br. The predicted molar refractivity (Wildman–Crippen MR) is 94.4 cm³/mol. The highest BCUT2D eigenvalue weighted by molar-refractivity contribution is 9.10. The Morgan fingerprint density at radius 1 is 1.29 bits per heavy atom. The normalized spacial score (nSPS) is 16.7. The van der Waals surface area contributed by atoms with Crippen molar-refractivity contribution in [1.82, 2.24) is 10.2 Å². The van der Waals surface area contributed by atoms with Gasteiger partial charge in [-0.2, -0.15) is 0 Å². The molecular weight excluding hydrogens is 324 g/mol. The van der Waals surface area contributed by atoms with Crippen LogP contribution in [0.25, 0.3) is 0 Å². The fourth-order valence-electron chi connectivity index (χ4n) is 2.67. The Kier molecular flexibility index (Phi) is 6.27. The number of nitrogens with one attached hydrogen (secondary N) is 1. The van der Waals surface area contributed by atoms with Crippen LogP contribution in [0.1, 0.15) is 51.2 Å². The first-order valence-corrected chi connectivity index (χ1v) is 8.96. The second kappa shape index (κ2) is 7.75. The molecule has 1 aromatic carbocycles. The van der Waals surface area contributed by atoms with Crippen molar-refractivity contribution in [2.75, 3.05) is 7.05 Å². The molecule has 0 amide bonds. The molecule has 118 valence electrons. The molecule has 1 aliphatic rings. The molecule has 0 aliphatic heterocycles. The lowest BCUT2D eigenvalue weighted by Gasteiger charge is -2.26. The van der Waals surface area contributed by atoms with Crippen molar-refractivity contribution >= 4 is 15.9 Å². The van der Waals surface area contributed by atoms with Crippen LogP contribution in [0, 0.1) is 5.92 Å². The fraction of sp³-hybridized carbons (Fsp3) is 0.667. The summed E-state index contributed by atoms with van der Waals surface area (Å²) in [6.07, 6.45) is 3.94. The van der Waals surface area contributed by atoms with Gasteiger partial charge >= 0.3 is 0 Å². The molecule has 0 saturated heterocycles. The standard InChI is InChI=1S/C18H29BrN2/c1-13(2)9-14(3)21(4)12-16-6-5-15(10-18(16)19)11-20-17-7-8-17/h5-6,10,13-14,17,20H,7-9,11-12H2,1-4H3. The monoisotopic (exact) mass is 352 g/mol. The van der Waals surface area contributed by atoms with Crippen molar-refractivity contribution in [3.05, 3.63) is 33.8 Å².